The monoisotopic (exact) mass is 617 g/mol. The highest BCUT2D eigenvalue weighted by atomic mass is 32.2. The molecule has 0 heterocycles. The molecule has 12 nitrogen and oxygen atoms in total. The Kier molecular flexibility index (Phi) is 29.6. The molecule has 0 fully saturated rings. The van der Waals surface area contributed by atoms with Crippen LogP contribution in [0.4, 0.5) is 14.0 Å². The van der Waals surface area contributed by atoms with Crippen molar-refractivity contribution in [2.45, 2.75) is 63.2 Å². The van der Waals surface area contributed by atoms with Crippen LogP contribution in [0, 0.1) is 17.1 Å². The van der Waals surface area contributed by atoms with Crippen molar-refractivity contribution in [3.05, 3.63) is 30.1 Å². The van der Waals surface area contributed by atoms with Gasteiger partial charge in [0, 0.05) is 52.0 Å². The number of amides is 2. The van der Waals surface area contributed by atoms with Gasteiger partial charge >= 0.3 is 18.2 Å². The number of carbonyl (C=O) groups is 4. The predicted octanol–water partition coefficient (Wildman–Crippen LogP) is 4.91. The van der Waals surface area contributed by atoms with Crippen LogP contribution < -0.4 is 10.6 Å². The Morgan fingerprint density at radius 3 is 1.69 bits per heavy atom. The maximum atomic E-state index is 12.7. The molecule has 0 unspecified atom stereocenters. The van der Waals surface area contributed by atoms with E-state index in [9.17, 15) is 23.6 Å². The molecule has 0 aliphatic carbocycles. The third-order valence-electron chi connectivity index (χ3n) is 4.75. The standard InChI is InChI=1S/C16H22FNO4S.C10H19NO5.C2H3N/c1-21-11-12-22-16(20)18-10-4-2-3-5-15(19)23-14-8-6-13(17)7-9-14;1-15-7-8-16-10(14)11-6-4-2-3-5-9(12)13;1-2-3/h6-9H,2-5,10-12H2,1H3,(H,18,20);2-8H2,1H3,(H,11,14)(H,12,13);1H3. The number of aliphatic carboxylic acids is 1. The second kappa shape index (κ2) is 30.5. The third-order valence-corrected chi connectivity index (χ3v) is 5.69. The number of carboxylic acids is 1. The lowest BCUT2D eigenvalue weighted by molar-refractivity contribution is -0.137. The van der Waals surface area contributed by atoms with Crippen LogP contribution in [-0.4, -0.2) is 82.1 Å². The molecule has 1 aromatic carbocycles. The number of hydrogen-bond acceptors (Lipinski definition) is 10. The number of methoxy groups -OCH3 is 2. The van der Waals surface area contributed by atoms with Gasteiger partial charge in [-0.3, -0.25) is 9.59 Å². The summed E-state index contributed by atoms with van der Waals surface area (Å²) in [5.41, 5.74) is 0. The van der Waals surface area contributed by atoms with Gasteiger partial charge in [0.25, 0.3) is 0 Å². The summed E-state index contributed by atoms with van der Waals surface area (Å²) in [7, 11) is 3.07. The SMILES string of the molecule is CC#N.COCCOC(=O)NCCCCCC(=O)O.COCCOC(=O)NCCCCCC(=O)Sc1ccc(F)cc1. The van der Waals surface area contributed by atoms with Crippen LogP contribution in [0.5, 0.6) is 0 Å². The van der Waals surface area contributed by atoms with E-state index in [1.54, 1.807) is 18.2 Å². The van der Waals surface area contributed by atoms with Crippen LogP contribution in [0.1, 0.15) is 58.3 Å². The average molecular weight is 618 g/mol. The molecule has 0 aromatic heterocycles. The fourth-order valence-corrected chi connectivity index (χ4v) is 3.53. The number of hydrogen-bond donors (Lipinski definition) is 3. The van der Waals surface area contributed by atoms with Crippen LogP contribution in [0.2, 0.25) is 0 Å². The summed E-state index contributed by atoms with van der Waals surface area (Å²) >= 11 is 1.13. The molecule has 238 valence electrons. The first-order valence-corrected chi connectivity index (χ1v) is 14.3. The second-order valence-electron chi connectivity index (χ2n) is 8.28. The van der Waals surface area contributed by atoms with Crippen molar-refractivity contribution < 1.29 is 47.6 Å². The topological polar surface area (TPSA) is 173 Å². The number of nitriles is 1. The minimum atomic E-state index is -0.785. The number of benzene rings is 1. The van der Waals surface area contributed by atoms with E-state index < -0.39 is 18.2 Å². The zero-order chi connectivity index (χ0) is 31.8. The van der Waals surface area contributed by atoms with Gasteiger partial charge in [-0.1, -0.05) is 24.6 Å². The van der Waals surface area contributed by atoms with Crippen LogP contribution in [-0.2, 0) is 28.5 Å². The van der Waals surface area contributed by atoms with Gasteiger partial charge < -0.3 is 34.7 Å². The summed E-state index contributed by atoms with van der Waals surface area (Å²) < 4.78 is 31.8. The number of nitrogens with zero attached hydrogens (tertiary/aromatic N) is 1. The Bertz CT molecular complexity index is 900. The molecule has 0 spiro atoms. The average Bonchev–Trinajstić information content (AvgIpc) is 2.95. The van der Waals surface area contributed by atoms with Crippen LogP contribution in [0.15, 0.2) is 29.2 Å². The number of rotatable bonds is 19. The van der Waals surface area contributed by atoms with Gasteiger partial charge in [-0.05, 0) is 49.9 Å². The number of carboxylic acid groups (broad SMARTS) is 1. The number of carbonyl (C=O) groups excluding carboxylic acids is 3. The van der Waals surface area contributed by atoms with Crippen molar-refractivity contribution in [1.82, 2.24) is 10.6 Å². The predicted molar refractivity (Wildman–Crippen MR) is 156 cm³/mol. The van der Waals surface area contributed by atoms with E-state index in [2.05, 4.69) is 10.6 Å². The smallest absolute Gasteiger partial charge is 0.407 e. The second-order valence-corrected chi connectivity index (χ2v) is 9.41. The van der Waals surface area contributed by atoms with Gasteiger partial charge in [-0.2, -0.15) is 5.26 Å². The highest BCUT2D eigenvalue weighted by Crippen LogP contribution is 2.21. The Labute approximate surface area is 251 Å². The van der Waals surface area contributed by atoms with Crippen molar-refractivity contribution in [3.63, 3.8) is 0 Å². The number of ether oxygens (including phenoxy) is 4. The molecule has 2 amide bonds. The quantitative estimate of drug-likeness (QED) is 0.142. The van der Waals surface area contributed by atoms with Crippen molar-refractivity contribution in [1.29, 1.82) is 5.26 Å². The maximum absolute atomic E-state index is 12.7. The van der Waals surface area contributed by atoms with Gasteiger partial charge in [0.2, 0.25) is 0 Å². The van der Waals surface area contributed by atoms with Crippen molar-refractivity contribution in [3.8, 4) is 6.07 Å². The fourth-order valence-electron chi connectivity index (χ4n) is 2.75. The minimum absolute atomic E-state index is 0.0588. The number of halogens is 1. The molecular weight excluding hydrogens is 573 g/mol. The van der Waals surface area contributed by atoms with Crippen molar-refractivity contribution >= 4 is 35.0 Å². The molecule has 0 saturated carbocycles. The van der Waals surface area contributed by atoms with Gasteiger partial charge in [0.05, 0.1) is 19.3 Å². The zero-order valence-corrected chi connectivity index (χ0v) is 25.5. The largest absolute Gasteiger partial charge is 0.481 e. The lowest BCUT2D eigenvalue weighted by Gasteiger charge is -2.06. The number of thioether (sulfide) groups is 1. The molecule has 0 bridgehead atoms. The van der Waals surface area contributed by atoms with E-state index >= 15 is 0 Å². The highest BCUT2D eigenvalue weighted by Gasteiger charge is 2.06. The van der Waals surface area contributed by atoms with Crippen LogP contribution in [0.3, 0.4) is 0 Å². The highest BCUT2D eigenvalue weighted by molar-refractivity contribution is 8.13. The molecule has 1 rings (SSSR count). The molecule has 3 N–H and O–H groups in total. The van der Waals surface area contributed by atoms with Crippen LogP contribution >= 0.6 is 11.8 Å². The summed E-state index contributed by atoms with van der Waals surface area (Å²) in [6.07, 6.45) is 4.28. The number of nitrogens with one attached hydrogen (secondary N) is 2. The van der Waals surface area contributed by atoms with Gasteiger partial charge in [0.15, 0.2) is 5.12 Å². The number of alkyl carbamates (subject to hydrolysis) is 2. The maximum Gasteiger partial charge on any atom is 0.407 e. The summed E-state index contributed by atoms with van der Waals surface area (Å²) in [4.78, 5) is 44.9. The molecule has 0 radical (unpaired) electrons. The summed E-state index contributed by atoms with van der Waals surface area (Å²) in [5.74, 6) is -1.10. The van der Waals surface area contributed by atoms with E-state index in [1.807, 2.05) is 0 Å². The van der Waals surface area contributed by atoms with E-state index in [0.717, 1.165) is 48.8 Å². The first kappa shape index (κ1) is 40.7. The molecular formula is C28H44FN3O9S. The Hall–Kier alpha value is -3.41. The molecule has 0 saturated heterocycles. The Morgan fingerprint density at radius 2 is 1.26 bits per heavy atom. The summed E-state index contributed by atoms with van der Waals surface area (Å²) in [5, 5.41) is 21.0. The van der Waals surface area contributed by atoms with Gasteiger partial charge in [-0.25, -0.2) is 14.0 Å². The molecule has 0 aliphatic rings. The fraction of sp³-hybridized carbons (Fsp3) is 0.607. The lowest BCUT2D eigenvalue weighted by Crippen LogP contribution is -2.26. The van der Waals surface area contributed by atoms with E-state index in [0.29, 0.717) is 39.1 Å². The van der Waals surface area contributed by atoms with Crippen molar-refractivity contribution in [2.24, 2.45) is 0 Å². The molecule has 0 atom stereocenters. The molecule has 42 heavy (non-hydrogen) atoms. The summed E-state index contributed by atoms with van der Waals surface area (Å²) in [6.45, 7) is 3.68. The van der Waals surface area contributed by atoms with Gasteiger partial charge in [0.1, 0.15) is 19.0 Å². The third kappa shape index (κ3) is 31.1. The Morgan fingerprint density at radius 1 is 0.810 bits per heavy atom. The van der Waals surface area contributed by atoms with E-state index in [1.165, 1.54) is 33.3 Å². The number of unbranched alkanes of at least 4 members (excludes halogenated alkanes) is 4. The first-order valence-electron chi connectivity index (χ1n) is 13.5. The van der Waals surface area contributed by atoms with E-state index in [-0.39, 0.29) is 30.6 Å². The normalized spacial score (nSPS) is 9.60. The van der Waals surface area contributed by atoms with Crippen LogP contribution in [0.25, 0.3) is 0 Å². The van der Waals surface area contributed by atoms with E-state index in [4.69, 9.17) is 29.3 Å². The zero-order valence-electron chi connectivity index (χ0n) is 24.7. The van der Waals surface area contributed by atoms with Gasteiger partial charge in [-0.15, -0.1) is 0 Å². The lowest BCUT2D eigenvalue weighted by atomic mass is 10.2. The Balaban J connectivity index is 0. The molecule has 0 aliphatic heterocycles. The molecule has 14 heteroatoms. The van der Waals surface area contributed by atoms with Crippen molar-refractivity contribution in [2.75, 3.05) is 53.7 Å². The molecule has 1 aromatic rings. The summed E-state index contributed by atoms with van der Waals surface area (Å²) in [6, 6.07) is 7.62. The first-order chi connectivity index (χ1) is 20.2. The minimum Gasteiger partial charge on any atom is -0.481 e.